The summed E-state index contributed by atoms with van der Waals surface area (Å²) < 4.78 is 0. The molecule has 0 amide bonds. The molecule has 0 aromatic rings. The molecule has 0 radical (unpaired) electrons. The van der Waals surface area contributed by atoms with Crippen LogP contribution in [0.5, 0.6) is 0 Å². The van der Waals surface area contributed by atoms with E-state index in [9.17, 15) is 0 Å². The number of hydrogen-bond acceptors (Lipinski definition) is 3. The fourth-order valence-corrected chi connectivity index (χ4v) is 1.72. The van der Waals surface area contributed by atoms with Gasteiger partial charge in [0.2, 0.25) is 0 Å². The van der Waals surface area contributed by atoms with Gasteiger partial charge in [0.15, 0.2) is 5.54 Å². The Balaban J connectivity index is 2.28. The van der Waals surface area contributed by atoms with E-state index in [1.54, 1.807) is 6.34 Å². The maximum absolute atomic E-state index is 4.35. The quantitative estimate of drug-likeness (QED) is 0.554. The number of nitrogens with zero attached hydrogens (tertiary/aromatic N) is 2. The van der Waals surface area contributed by atoms with Crippen LogP contribution in [0.4, 0.5) is 0 Å². The van der Waals surface area contributed by atoms with Crippen LogP contribution >= 0.6 is 0 Å². The maximum Gasteiger partial charge on any atom is 0.164 e. The molecule has 2 heterocycles. The van der Waals surface area contributed by atoms with E-state index in [1.807, 2.05) is 30.5 Å². The minimum Gasteiger partial charge on any atom is -0.363 e. The fourth-order valence-electron chi connectivity index (χ4n) is 1.72. The van der Waals surface area contributed by atoms with Crippen LogP contribution in [0.3, 0.4) is 0 Å². The molecule has 12 heavy (non-hydrogen) atoms. The van der Waals surface area contributed by atoms with Crippen molar-refractivity contribution >= 4 is 12.1 Å². The summed E-state index contributed by atoms with van der Waals surface area (Å²) in [6.07, 6.45) is 11.6. The monoisotopic (exact) mass is 157 g/mol. The van der Waals surface area contributed by atoms with Gasteiger partial charge in [0.1, 0.15) is 6.34 Å². The zero-order chi connectivity index (χ0) is 8.02. The van der Waals surface area contributed by atoms with Gasteiger partial charge in [0.05, 0.1) is 11.4 Å². The van der Waals surface area contributed by atoms with Gasteiger partial charge in [-0.05, 0) is 18.2 Å². The lowest BCUT2D eigenvalue weighted by Gasteiger charge is -2.22. The zero-order valence-corrected chi connectivity index (χ0v) is 6.36. The van der Waals surface area contributed by atoms with Gasteiger partial charge >= 0.3 is 0 Å². The van der Waals surface area contributed by atoms with Crippen molar-refractivity contribution in [1.29, 1.82) is 0 Å². The van der Waals surface area contributed by atoms with Gasteiger partial charge < -0.3 is 5.32 Å². The van der Waals surface area contributed by atoms with E-state index < -0.39 is 0 Å². The van der Waals surface area contributed by atoms with Crippen molar-refractivity contribution in [2.24, 2.45) is 9.98 Å². The smallest absolute Gasteiger partial charge is 0.164 e. The molecule has 3 rings (SSSR count). The van der Waals surface area contributed by atoms with Crippen LogP contribution in [0.2, 0.25) is 0 Å². The molecule has 3 nitrogen and oxygen atoms in total. The first-order chi connectivity index (χ1) is 5.92. The maximum atomic E-state index is 4.35. The van der Waals surface area contributed by atoms with Crippen LogP contribution in [0.25, 0.3) is 0 Å². The Kier molecular flexibility index (Phi) is 0.864. The summed E-state index contributed by atoms with van der Waals surface area (Å²) in [4.78, 5) is 8.55. The van der Waals surface area contributed by atoms with E-state index in [-0.39, 0.29) is 5.54 Å². The summed E-state index contributed by atoms with van der Waals surface area (Å²) in [6, 6.07) is 0. The van der Waals surface area contributed by atoms with E-state index in [4.69, 9.17) is 0 Å². The van der Waals surface area contributed by atoms with E-state index in [0.29, 0.717) is 0 Å². The van der Waals surface area contributed by atoms with Gasteiger partial charge in [-0.25, -0.2) is 9.98 Å². The third-order valence-electron chi connectivity index (χ3n) is 2.34. The van der Waals surface area contributed by atoms with Gasteiger partial charge in [-0.2, -0.15) is 0 Å². The molecule has 1 N–H and O–H groups in total. The molecule has 1 aliphatic carbocycles. The van der Waals surface area contributed by atoms with Gasteiger partial charge in [0, 0.05) is 6.20 Å². The molecule has 3 heteroatoms. The van der Waals surface area contributed by atoms with Crippen molar-refractivity contribution in [1.82, 2.24) is 5.32 Å². The predicted molar refractivity (Wildman–Crippen MR) is 48.2 cm³/mol. The van der Waals surface area contributed by atoms with Crippen LogP contribution in [0, 0.1) is 0 Å². The third kappa shape index (κ3) is 0.491. The highest BCUT2D eigenvalue weighted by Gasteiger charge is 2.41. The lowest BCUT2D eigenvalue weighted by Crippen LogP contribution is -2.35. The Morgan fingerprint density at radius 1 is 1.42 bits per heavy atom. The van der Waals surface area contributed by atoms with Crippen molar-refractivity contribution in [2.45, 2.75) is 5.54 Å². The Hall–Kier alpha value is -1.64. The lowest BCUT2D eigenvalue weighted by molar-refractivity contribution is 0.818. The van der Waals surface area contributed by atoms with Crippen molar-refractivity contribution in [3.63, 3.8) is 0 Å². The summed E-state index contributed by atoms with van der Waals surface area (Å²) >= 11 is 0. The second-order valence-electron chi connectivity index (χ2n) is 2.94. The summed E-state index contributed by atoms with van der Waals surface area (Å²) in [5.74, 6) is 0. The lowest BCUT2D eigenvalue weighted by atomic mass is 9.89. The molecule has 0 bridgehead atoms. The van der Waals surface area contributed by atoms with Crippen molar-refractivity contribution in [3.8, 4) is 0 Å². The number of aliphatic imine (C=N–C) groups is 2. The van der Waals surface area contributed by atoms with Crippen LogP contribution < -0.4 is 5.32 Å². The summed E-state index contributed by atoms with van der Waals surface area (Å²) in [6.45, 7) is 0. The molecule has 1 atom stereocenters. The highest BCUT2D eigenvalue weighted by Crippen LogP contribution is 2.33. The van der Waals surface area contributed by atoms with E-state index in [0.717, 1.165) is 11.4 Å². The second-order valence-corrected chi connectivity index (χ2v) is 2.94. The molecule has 1 unspecified atom stereocenters. The first-order valence-electron chi connectivity index (χ1n) is 3.87. The molecule has 0 fully saturated rings. The summed E-state index contributed by atoms with van der Waals surface area (Å²) in [7, 11) is 0. The number of hydrogen-bond donors (Lipinski definition) is 1. The second kappa shape index (κ2) is 1.75. The minimum absolute atomic E-state index is 0.297. The average molecular weight is 157 g/mol. The fraction of sp³-hybridized carbons (Fsp3) is 0.111. The number of allylic oxidation sites excluding steroid dienone is 2. The van der Waals surface area contributed by atoms with Gasteiger partial charge in [-0.3, -0.25) is 0 Å². The predicted octanol–water partition coefficient (Wildman–Crippen LogP) is 0.779. The van der Waals surface area contributed by atoms with E-state index >= 15 is 0 Å². The third-order valence-corrected chi connectivity index (χ3v) is 2.34. The molecule has 0 aromatic carbocycles. The van der Waals surface area contributed by atoms with Crippen LogP contribution in [0.1, 0.15) is 0 Å². The Labute approximate surface area is 69.9 Å². The SMILES string of the molecule is C1=CC2=NC=NC23C=CNC3=C1. The van der Waals surface area contributed by atoms with Gasteiger partial charge in [-0.15, -0.1) is 0 Å². The standard InChI is InChI=1S/C9H7N3/c1-2-7-9(4-5-10-7)8(3-1)11-6-12-9/h1-6,10H. The first-order valence-corrected chi connectivity index (χ1v) is 3.87. The highest BCUT2D eigenvalue weighted by atomic mass is 15.1. The highest BCUT2D eigenvalue weighted by molar-refractivity contribution is 6.14. The van der Waals surface area contributed by atoms with Crippen LogP contribution in [0.15, 0.2) is 46.2 Å². The summed E-state index contributed by atoms with van der Waals surface area (Å²) in [5.41, 5.74) is 1.80. The minimum atomic E-state index is -0.297. The number of rotatable bonds is 0. The van der Waals surface area contributed by atoms with Crippen molar-refractivity contribution < 1.29 is 0 Å². The number of nitrogens with one attached hydrogen (secondary N) is 1. The Morgan fingerprint density at radius 2 is 2.42 bits per heavy atom. The van der Waals surface area contributed by atoms with Crippen molar-refractivity contribution in [2.75, 3.05) is 0 Å². The zero-order valence-electron chi connectivity index (χ0n) is 6.36. The van der Waals surface area contributed by atoms with Gasteiger partial charge in [0.25, 0.3) is 0 Å². The molecule has 2 aliphatic heterocycles. The summed E-state index contributed by atoms with van der Waals surface area (Å²) in [5, 5.41) is 3.16. The van der Waals surface area contributed by atoms with Crippen LogP contribution in [-0.4, -0.2) is 17.6 Å². The largest absolute Gasteiger partial charge is 0.363 e. The molecular weight excluding hydrogens is 150 g/mol. The molecule has 0 aromatic heterocycles. The van der Waals surface area contributed by atoms with Crippen LogP contribution in [-0.2, 0) is 0 Å². The van der Waals surface area contributed by atoms with Gasteiger partial charge in [-0.1, -0.05) is 6.08 Å². The molecule has 1 spiro atoms. The molecule has 58 valence electrons. The first kappa shape index (κ1) is 5.94. The van der Waals surface area contributed by atoms with Crippen molar-refractivity contribution in [3.05, 3.63) is 36.2 Å². The normalized spacial score (nSPS) is 34.0. The molecule has 3 aliphatic rings. The van der Waals surface area contributed by atoms with E-state index in [2.05, 4.69) is 15.3 Å². The average Bonchev–Trinajstić information content (AvgIpc) is 2.63. The molecule has 0 saturated heterocycles. The molecular formula is C9H7N3. The Morgan fingerprint density at radius 3 is 3.42 bits per heavy atom. The van der Waals surface area contributed by atoms with E-state index in [1.165, 1.54) is 0 Å². The molecule has 0 saturated carbocycles. The Bertz CT molecular complexity index is 385. The topological polar surface area (TPSA) is 36.8 Å².